The van der Waals surface area contributed by atoms with Crippen molar-refractivity contribution in [2.24, 2.45) is 0 Å². The molecular formula is C10H10N2O. The van der Waals surface area contributed by atoms with E-state index in [0.717, 1.165) is 0 Å². The minimum Gasteiger partial charge on any atom is -0.345 e. The van der Waals surface area contributed by atoms with Crippen LogP contribution in [0.4, 0.5) is 0 Å². The summed E-state index contributed by atoms with van der Waals surface area (Å²) >= 11 is 0. The summed E-state index contributed by atoms with van der Waals surface area (Å²) in [5.74, 6) is 5.54. The van der Waals surface area contributed by atoms with Gasteiger partial charge >= 0.3 is 0 Å². The van der Waals surface area contributed by atoms with Crippen LogP contribution in [0.3, 0.4) is 0 Å². The number of nitrogens with zero attached hydrogens (tertiary/aromatic N) is 1. The van der Waals surface area contributed by atoms with Crippen molar-refractivity contribution in [1.29, 1.82) is 0 Å². The molecule has 0 aliphatic carbocycles. The van der Waals surface area contributed by atoms with Crippen molar-refractivity contribution >= 4 is 5.91 Å². The van der Waals surface area contributed by atoms with E-state index in [2.05, 4.69) is 22.1 Å². The van der Waals surface area contributed by atoms with E-state index in [-0.39, 0.29) is 5.91 Å². The van der Waals surface area contributed by atoms with Crippen LogP contribution >= 0.6 is 0 Å². The zero-order valence-electron chi connectivity index (χ0n) is 7.37. The van der Waals surface area contributed by atoms with Crippen molar-refractivity contribution < 1.29 is 4.79 Å². The maximum Gasteiger partial charge on any atom is 0.217 e. The van der Waals surface area contributed by atoms with Crippen LogP contribution in [-0.4, -0.2) is 17.4 Å². The maximum absolute atomic E-state index is 10.5. The summed E-state index contributed by atoms with van der Waals surface area (Å²) in [5, 5.41) is 2.58. The van der Waals surface area contributed by atoms with Crippen LogP contribution in [0.25, 0.3) is 0 Å². The van der Waals surface area contributed by atoms with E-state index < -0.39 is 0 Å². The number of aromatic nitrogens is 1. The van der Waals surface area contributed by atoms with Crippen molar-refractivity contribution in [3.05, 3.63) is 30.1 Å². The van der Waals surface area contributed by atoms with Crippen LogP contribution in [0, 0.1) is 11.8 Å². The minimum absolute atomic E-state index is 0.0738. The Kier molecular flexibility index (Phi) is 3.52. The molecule has 1 aromatic heterocycles. The van der Waals surface area contributed by atoms with Gasteiger partial charge in [-0.1, -0.05) is 12.0 Å². The molecule has 0 atom stereocenters. The van der Waals surface area contributed by atoms with Gasteiger partial charge in [0.05, 0.1) is 6.54 Å². The topological polar surface area (TPSA) is 42.0 Å². The Hall–Kier alpha value is -1.82. The van der Waals surface area contributed by atoms with E-state index in [9.17, 15) is 4.79 Å². The molecule has 1 heterocycles. The lowest BCUT2D eigenvalue weighted by Gasteiger charge is -1.91. The van der Waals surface area contributed by atoms with Gasteiger partial charge in [0.2, 0.25) is 5.91 Å². The Balaban J connectivity index is 2.44. The van der Waals surface area contributed by atoms with Crippen LogP contribution in [0.2, 0.25) is 0 Å². The Bertz CT molecular complexity index is 335. The maximum atomic E-state index is 10.5. The first-order valence-corrected chi connectivity index (χ1v) is 3.93. The van der Waals surface area contributed by atoms with Gasteiger partial charge in [0, 0.05) is 13.1 Å². The number of hydrogen-bond acceptors (Lipinski definition) is 2. The zero-order valence-corrected chi connectivity index (χ0v) is 7.37. The molecule has 0 aromatic carbocycles. The second-order valence-corrected chi connectivity index (χ2v) is 2.43. The molecule has 0 fully saturated rings. The van der Waals surface area contributed by atoms with Crippen molar-refractivity contribution in [2.75, 3.05) is 6.54 Å². The first kappa shape index (κ1) is 9.27. The van der Waals surface area contributed by atoms with Gasteiger partial charge in [-0.05, 0) is 18.1 Å². The number of carbonyl (C=O) groups excluding carboxylic acids is 1. The van der Waals surface area contributed by atoms with E-state index >= 15 is 0 Å². The molecule has 1 rings (SSSR count). The van der Waals surface area contributed by atoms with E-state index in [4.69, 9.17) is 0 Å². The third kappa shape index (κ3) is 3.92. The number of hydrogen-bond donors (Lipinski definition) is 1. The lowest BCUT2D eigenvalue weighted by atomic mass is 10.3. The molecule has 0 saturated carbocycles. The smallest absolute Gasteiger partial charge is 0.217 e. The highest BCUT2D eigenvalue weighted by molar-refractivity contribution is 5.73. The van der Waals surface area contributed by atoms with Gasteiger partial charge in [-0.15, -0.1) is 0 Å². The SMILES string of the molecule is CC(=O)NCC#Cc1ccccn1. The molecule has 66 valence electrons. The van der Waals surface area contributed by atoms with Gasteiger partial charge in [-0.25, -0.2) is 4.98 Å². The van der Waals surface area contributed by atoms with Crippen molar-refractivity contribution in [3.8, 4) is 11.8 Å². The second kappa shape index (κ2) is 4.94. The third-order valence-electron chi connectivity index (χ3n) is 1.31. The highest BCUT2D eigenvalue weighted by Gasteiger charge is 1.85. The molecular weight excluding hydrogens is 164 g/mol. The van der Waals surface area contributed by atoms with Crippen LogP contribution in [0.1, 0.15) is 12.6 Å². The molecule has 13 heavy (non-hydrogen) atoms. The van der Waals surface area contributed by atoms with E-state index in [1.165, 1.54) is 6.92 Å². The van der Waals surface area contributed by atoms with Gasteiger partial charge in [0.25, 0.3) is 0 Å². The molecule has 0 bridgehead atoms. The number of amides is 1. The van der Waals surface area contributed by atoms with Crippen molar-refractivity contribution in [3.63, 3.8) is 0 Å². The average Bonchev–Trinajstić information content (AvgIpc) is 2.14. The van der Waals surface area contributed by atoms with Crippen LogP contribution in [-0.2, 0) is 4.79 Å². The van der Waals surface area contributed by atoms with Gasteiger partial charge in [-0.3, -0.25) is 4.79 Å². The fourth-order valence-corrected chi connectivity index (χ4v) is 0.740. The summed E-state index contributed by atoms with van der Waals surface area (Å²) in [6.07, 6.45) is 1.68. The summed E-state index contributed by atoms with van der Waals surface area (Å²) < 4.78 is 0. The first-order chi connectivity index (χ1) is 6.29. The molecule has 0 spiro atoms. The second-order valence-electron chi connectivity index (χ2n) is 2.43. The fourth-order valence-electron chi connectivity index (χ4n) is 0.740. The van der Waals surface area contributed by atoms with E-state index in [1.807, 2.05) is 18.2 Å². The van der Waals surface area contributed by atoms with E-state index in [1.54, 1.807) is 6.20 Å². The molecule has 0 saturated heterocycles. The first-order valence-electron chi connectivity index (χ1n) is 3.93. The summed E-state index contributed by atoms with van der Waals surface area (Å²) in [7, 11) is 0. The molecule has 3 nitrogen and oxygen atoms in total. The van der Waals surface area contributed by atoms with Gasteiger partial charge in [0.1, 0.15) is 5.69 Å². The highest BCUT2D eigenvalue weighted by atomic mass is 16.1. The quantitative estimate of drug-likeness (QED) is 0.632. The van der Waals surface area contributed by atoms with Crippen LogP contribution < -0.4 is 5.32 Å². The van der Waals surface area contributed by atoms with Crippen LogP contribution in [0.15, 0.2) is 24.4 Å². The Morgan fingerprint density at radius 1 is 1.62 bits per heavy atom. The van der Waals surface area contributed by atoms with Gasteiger partial charge < -0.3 is 5.32 Å². The van der Waals surface area contributed by atoms with Crippen molar-refractivity contribution in [1.82, 2.24) is 10.3 Å². The highest BCUT2D eigenvalue weighted by Crippen LogP contribution is 1.88. The van der Waals surface area contributed by atoms with Gasteiger partial charge in [0.15, 0.2) is 0 Å². The predicted octanol–water partition coefficient (Wildman–Crippen LogP) is 0.569. The molecule has 0 unspecified atom stereocenters. The summed E-state index contributed by atoms with van der Waals surface area (Å²) in [5.41, 5.74) is 0.716. The zero-order chi connectivity index (χ0) is 9.52. The number of rotatable bonds is 1. The molecule has 0 aliphatic heterocycles. The largest absolute Gasteiger partial charge is 0.345 e. The summed E-state index contributed by atoms with van der Waals surface area (Å²) in [6, 6.07) is 5.52. The van der Waals surface area contributed by atoms with E-state index in [0.29, 0.717) is 12.2 Å². The van der Waals surface area contributed by atoms with Crippen molar-refractivity contribution in [2.45, 2.75) is 6.92 Å². The summed E-state index contributed by atoms with van der Waals surface area (Å²) in [6.45, 7) is 1.83. The number of carbonyl (C=O) groups is 1. The monoisotopic (exact) mass is 174 g/mol. The molecule has 1 amide bonds. The standard InChI is InChI=1S/C10H10N2O/c1-9(13)11-8-4-6-10-5-2-3-7-12-10/h2-3,5,7H,8H2,1H3,(H,11,13). The Labute approximate surface area is 77.2 Å². The van der Waals surface area contributed by atoms with Gasteiger partial charge in [-0.2, -0.15) is 0 Å². The Morgan fingerprint density at radius 2 is 2.46 bits per heavy atom. The molecule has 1 aromatic rings. The average molecular weight is 174 g/mol. The normalized spacial score (nSPS) is 8.38. The van der Waals surface area contributed by atoms with Crippen LogP contribution in [0.5, 0.6) is 0 Å². The lowest BCUT2D eigenvalue weighted by molar-refractivity contribution is -0.118. The summed E-state index contributed by atoms with van der Waals surface area (Å²) in [4.78, 5) is 14.5. The molecule has 1 N–H and O–H groups in total. The number of pyridine rings is 1. The molecule has 0 radical (unpaired) electrons. The molecule has 0 aliphatic rings. The lowest BCUT2D eigenvalue weighted by Crippen LogP contribution is -2.19. The molecule has 3 heteroatoms. The fraction of sp³-hybridized carbons (Fsp3) is 0.200. The third-order valence-corrected chi connectivity index (χ3v) is 1.31. The Morgan fingerprint density at radius 3 is 3.08 bits per heavy atom. The number of nitrogens with one attached hydrogen (secondary N) is 1. The minimum atomic E-state index is -0.0738. The predicted molar refractivity (Wildman–Crippen MR) is 49.8 cm³/mol.